The van der Waals surface area contributed by atoms with Gasteiger partial charge in [-0.2, -0.15) is 0 Å². The molecule has 1 aliphatic carbocycles. The predicted octanol–water partition coefficient (Wildman–Crippen LogP) is 4.35. The van der Waals surface area contributed by atoms with Crippen LogP contribution in [0.1, 0.15) is 38.2 Å². The van der Waals surface area contributed by atoms with E-state index in [0.29, 0.717) is 10.5 Å². The average molecular weight is 300 g/mol. The van der Waals surface area contributed by atoms with Crippen molar-refractivity contribution in [1.82, 2.24) is 4.90 Å². The molecule has 0 aliphatic heterocycles. The van der Waals surface area contributed by atoms with Gasteiger partial charge in [0.05, 0.1) is 4.47 Å². The second kappa shape index (κ2) is 5.96. The molecule has 0 bridgehead atoms. The molecule has 1 saturated carbocycles. The minimum Gasteiger partial charge on any atom is -0.296 e. The van der Waals surface area contributed by atoms with E-state index in [-0.39, 0.29) is 5.82 Å². The maximum absolute atomic E-state index is 13.4. The molecule has 1 aliphatic rings. The summed E-state index contributed by atoms with van der Waals surface area (Å²) in [4.78, 5) is 2.46. The van der Waals surface area contributed by atoms with E-state index in [1.165, 1.54) is 31.7 Å². The highest BCUT2D eigenvalue weighted by atomic mass is 79.9. The Labute approximate surface area is 111 Å². The number of benzene rings is 1. The van der Waals surface area contributed by atoms with Gasteiger partial charge in [-0.1, -0.05) is 31.9 Å². The molecule has 0 spiro atoms. The highest BCUT2D eigenvalue weighted by Crippen LogP contribution is 2.27. The minimum atomic E-state index is -0.162. The van der Waals surface area contributed by atoms with Crippen molar-refractivity contribution in [3.05, 3.63) is 34.1 Å². The van der Waals surface area contributed by atoms with Gasteiger partial charge in [0, 0.05) is 12.6 Å². The maximum Gasteiger partial charge on any atom is 0.137 e. The molecule has 0 unspecified atom stereocenters. The lowest BCUT2D eigenvalue weighted by molar-refractivity contribution is 0.199. The molecule has 0 atom stereocenters. The zero-order valence-corrected chi connectivity index (χ0v) is 11.8. The molecule has 2 rings (SSSR count). The van der Waals surface area contributed by atoms with Gasteiger partial charge >= 0.3 is 0 Å². The molecule has 0 radical (unpaired) electrons. The van der Waals surface area contributed by atoms with Crippen molar-refractivity contribution in [2.45, 2.75) is 45.2 Å². The molecule has 0 aromatic heterocycles. The van der Waals surface area contributed by atoms with Gasteiger partial charge in [0.25, 0.3) is 0 Å². The molecule has 0 amide bonds. The summed E-state index contributed by atoms with van der Waals surface area (Å²) in [6, 6.07) is 5.98. The normalized spacial score (nSPS) is 16.9. The van der Waals surface area contributed by atoms with E-state index in [1.807, 2.05) is 6.07 Å². The van der Waals surface area contributed by atoms with Crippen molar-refractivity contribution in [3.63, 3.8) is 0 Å². The second-order valence-corrected chi connectivity index (χ2v) is 5.51. The Morgan fingerprint density at radius 1 is 1.35 bits per heavy atom. The summed E-state index contributed by atoms with van der Waals surface area (Å²) in [6.45, 7) is 4.07. The van der Waals surface area contributed by atoms with Crippen LogP contribution in [0.5, 0.6) is 0 Å². The van der Waals surface area contributed by atoms with Gasteiger partial charge < -0.3 is 0 Å². The first-order valence-corrected chi connectivity index (χ1v) is 7.18. The van der Waals surface area contributed by atoms with Crippen LogP contribution in [0.4, 0.5) is 4.39 Å². The third-order valence-corrected chi connectivity index (χ3v) is 4.54. The van der Waals surface area contributed by atoms with Crippen LogP contribution in [-0.4, -0.2) is 17.5 Å². The summed E-state index contributed by atoms with van der Waals surface area (Å²) in [5.74, 6) is -0.162. The molecule has 1 nitrogen and oxygen atoms in total. The fourth-order valence-electron chi connectivity index (χ4n) is 2.66. The fraction of sp³-hybridized carbons (Fsp3) is 0.571. The molecular formula is C14H19BrFN. The van der Waals surface area contributed by atoms with Gasteiger partial charge in [0.2, 0.25) is 0 Å². The van der Waals surface area contributed by atoms with Gasteiger partial charge in [0.15, 0.2) is 0 Å². The number of hydrogen-bond donors (Lipinski definition) is 0. The lowest BCUT2D eigenvalue weighted by Gasteiger charge is -2.27. The highest BCUT2D eigenvalue weighted by molar-refractivity contribution is 9.10. The van der Waals surface area contributed by atoms with Gasteiger partial charge in [0.1, 0.15) is 5.82 Å². The Kier molecular flexibility index (Phi) is 4.57. The molecule has 0 heterocycles. The molecular weight excluding hydrogens is 281 g/mol. The van der Waals surface area contributed by atoms with Crippen LogP contribution in [0.15, 0.2) is 22.7 Å². The summed E-state index contributed by atoms with van der Waals surface area (Å²) in [6.07, 6.45) is 5.26. The molecule has 1 fully saturated rings. The number of nitrogens with zero attached hydrogens (tertiary/aromatic N) is 1. The van der Waals surface area contributed by atoms with E-state index in [0.717, 1.165) is 18.7 Å². The lowest BCUT2D eigenvalue weighted by Crippen LogP contribution is -2.32. The lowest BCUT2D eigenvalue weighted by atomic mass is 10.1. The van der Waals surface area contributed by atoms with E-state index in [9.17, 15) is 4.39 Å². The smallest absolute Gasteiger partial charge is 0.137 e. The third-order valence-electron chi connectivity index (χ3n) is 3.65. The molecule has 3 heteroatoms. The SMILES string of the molecule is CCN(Cc1cccc(F)c1Br)C1CCCC1. The fourth-order valence-corrected chi connectivity index (χ4v) is 3.05. The number of hydrogen-bond acceptors (Lipinski definition) is 1. The zero-order chi connectivity index (χ0) is 12.3. The summed E-state index contributed by atoms with van der Waals surface area (Å²) in [5, 5.41) is 0. The van der Waals surface area contributed by atoms with Gasteiger partial charge in [-0.05, 0) is 46.9 Å². The first-order chi connectivity index (χ1) is 8.22. The van der Waals surface area contributed by atoms with Crippen molar-refractivity contribution in [2.75, 3.05) is 6.54 Å². The standard InChI is InChI=1S/C14H19BrFN/c1-2-17(12-7-3-4-8-12)10-11-6-5-9-13(16)14(11)15/h5-6,9,12H,2-4,7-8,10H2,1H3. The zero-order valence-electron chi connectivity index (χ0n) is 10.3. The summed E-state index contributed by atoms with van der Waals surface area (Å²) >= 11 is 3.34. The average Bonchev–Trinajstić information content (AvgIpc) is 2.85. The van der Waals surface area contributed by atoms with Crippen molar-refractivity contribution < 1.29 is 4.39 Å². The van der Waals surface area contributed by atoms with Gasteiger partial charge in [-0.3, -0.25) is 4.90 Å². The van der Waals surface area contributed by atoms with Crippen molar-refractivity contribution in [1.29, 1.82) is 0 Å². The van der Waals surface area contributed by atoms with Crippen LogP contribution in [0.25, 0.3) is 0 Å². The summed E-state index contributed by atoms with van der Waals surface area (Å²) in [5.41, 5.74) is 1.05. The molecule has 94 valence electrons. The maximum atomic E-state index is 13.4. The van der Waals surface area contributed by atoms with E-state index in [4.69, 9.17) is 0 Å². The van der Waals surface area contributed by atoms with Gasteiger partial charge in [-0.15, -0.1) is 0 Å². The van der Waals surface area contributed by atoms with Crippen molar-refractivity contribution >= 4 is 15.9 Å². The second-order valence-electron chi connectivity index (χ2n) is 4.71. The number of halogens is 2. The Morgan fingerprint density at radius 3 is 2.71 bits per heavy atom. The van der Waals surface area contributed by atoms with E-state index >= 15 is 0 Å². The predicted molar refractivity (Wildman–Crippen MR) is 72.4 cm³/mol. The van der Waals surface area contributed by atoms with Crippen LogP contribution >= 0.6 is 15.9 Å². The highest BCUT2D eigenvalue weighted by Gasteiger charge is 2.22. The Morgan fingerprint density at radius 2 is 2.06 bits per heavy atom. The monoisotopic (exact) mass is 299 g/mol. The Bertz CT molecular complexity index is 374. The topological polar surface area (TPSA) is 3.24 Å². The Balaban J connectivity index is 2.09. The van der Waals surface area contributed by atoms with Gasteiger partial charge in [-0.25, -0.2) is 4.39 Å². The molecule has 0 N–H and O–H groups in total. The van der Waals surface area contributed by atoms with Crippen LogP contribution in [0.3, 0.4) is 0 Å². The Hall–Kier alpha value is -0.410. The minimum absolute atomic E-state index is 0.162. The van der Waals surface area contributed by atoms with E-state index in [1.54, 1.807) is 6.07 Å². The van der Waals surface area contributed by atoms with E-state index < -0.39 is 0 Å². The summed E-state index contributed by atoms with van der Waals surface area (Å²) in [7, 11) is 0. The van der Waals surface area contributed by atoms with Crippen LogP contribution in [0, 0.1) is 5.82 Å². The first-order valence-electron chi connectivity index (χ1n) is 6.39. The summed E-state index contributed by atoms with van der Waals surface area (Å²) < 4.78 is 14.1. The van der Waals surface area contributed by atoms with Crippen molar-refractivity contribution in [3.8, 4) is 0 Å². The number of rotatable bonds is 4. The van der Waals surface area contributed by atoms with Crippen molar-refractivity contribution in [2.24, 2.45) is 0 Å². The molecule has 0 saturated heterocycles. The molecule has 1 aromatic carbocycles. The molecule has 1 aromatic rings. The van der Waals surface area contributed by atoms with Crippen LogP contribution < -0.4 is 0 Å². The quantitative estimate of drug-likeness (QED) is 0.799. The largest absolute Gasteiger partial charge is 0.296 e. The first kappa shape index (κ1) is 13.0. The van der Waals surface area contributed by atoms with E-state index in [2.05, 4.69) is 27.8 Å². The van der Waals surface area contributed by atoms with Crippen LogP contribution in [0.2, 0.25) is 0 Å². The molecule has 17 heavy (non-hydrogen) atoms. The third kappa shape index (κ3) is 3.08. The van der Waals surface area contributed by atoms with Crippen LogP contribution in [-0.2, 0) is 6.54 Å².